The van der Waals surface area contributed by atoms with E-state index in [0.29, 0.717) is 45.7 Å². The lowest BCUT2D eigenvalue weighted by Gasteiger charge is -2.26. The van der Waals surface area contributed by atoms with Crippen LogP contribution in [0.3, 0.4) is 0 Å². The zero-order valence-corrected chi connectivity index (χ0v) is 25.6. The molecule has 1 spiro atoms. The molecule has 1 aliphatic heterocycles. The van der Waals surface area contributed by atoms with Gasteiger partial charge in [-0.1, -0.05) is 22.8 Å². The zero-order valence-electron chi connectivity index (χ0n) is 24.9. The average Bonchev–Trinajstić information content (AvgIpc) is 3.69. The molecule has 2 amide bonds. The number of nitrogens with zero attached hydrogens (tertiary/aromatic N) is 3. The molecule has 3 N–H and O–H groups in total. The number of alkyl halides is 3. The Kier molecular flexibility index (Phi) is 8.34. The molecule has 1 fully saturated rings. The number of nitrogens with two attached hydrogens (primary N) is 1. The Balaban J connectivity index is 1.51. The summed E-state index contributed by atoms with van der Waals surface area (Å²) in [6, 6.07) is 11.3. The van der Waals surface area contributed by atoms with Gasteiger partial charge in [0.05, 0.1) is 29.2 Å². The SMILES string of the molecule is COc1cc(NC(C(=O)N2CC3(CC3)c3ccc(OC(F)(F)F)cc32)c2ccc(Cl)cn2)cc(/C(C)=N/OC(C)(C)C(N)=O)c1. The summed E-state index contributed by atoms with van der Waals surface area (Å²) in [6.07, 6.45) is -1.89. The Morgan fingerprint density at radius 2 is 1.84 bits per heavy atom. The molecule has 3 aromatic rings. The van der Waals surface area contributed by atoms with E-state index in [0.717, 1.165) is 18.4 Å². The Morgan fingerprint density at radius 1 is 1.11 bits per heavy atom. The van der Waals surface area contributed by atoms with Crippen LogP contribution in [0.25, 0.3) is 0 Å². The predicted molar refractivity (Wildman–Crippen MR) is 162 cm³/mol. The summed E-state index contributed by atoms with van der Waals surface area (Å²) in [5, 5.41) is 7.65. The highest BCUT2D eigenvalue weighted by Gasteiger charge is 2.54. The van der Waals surface area contributed by atoms with Crippen LogP contribution in [0.4, 0.5) is 24.5 Å². The van der Waals surface area contributed by atoms with Crippen molar-refractivity contribution in [2.75, 3.05) is 23.9 Å². The van der Waals surface area contributed by atoms with Gasteiger partial charge in [-0.25, -0.2) is 0 Å². The average molecular weight is 646 g/mol. The Labute approximate surface area is 262 Å². The number of carbonyl (C=O) groups is 2. The van der Waals surface area contributed by atoms with E-state index >= 15 is 0 Å². The van der Waals surface area contributed by atoms with Crippen molar-refractivity contribution < 1.29 is 37.1 Å². The minimum absolute atomic E-state index is 0.296. The first-order valence-electron chi connectivity index (χ1n) is 13.9. The number of ether oxygens (including phenoxy) is 2. The summed E-state index contributed by atoms with van der Waals surface area (Å²) in [5.74, 6) is -1.14. The predicted octanol–water partition coefficient (Wildman–Crippen LogP) is 5.88. The molecule has 10 nitrogen and oxygen atoms in total. The smallest absolute Gasteiger partial charge is 0.497 e. The zero-order chi connectivity index (χ0) is 32.7. The van der Waals surface area contributed by atoms with Gasteiger partial charge in [0.25, 0.3) is 11.8 Å². The quantitative estimate of drug-likeness (QED) is 0.208. The van der Waals surface area contributed by atoms with Gasteiger partial charge in [0, 0.05) is 41.5 Å². The summed E-state index contributed by atoms with van der Waals surface area (Å²) in [4.78, 5) is 37.3. The van der Waals surface area contributed by atoms with Crippen molar-refractivity contribution in [3.8, 4) is 11.5 Å². The van der Waals surface area contributed by atoms with Crippen LogP contribution in [-0.4, -0.2) is 48.1 Å². The number of amides is 2. The van der Waals surface area contributed by atoms with Gasteiger partial charge in [0.1, 0.15) is 17.5 Å². The van der Waals surface area contributed by atoms with E-state index in [1.54, 1.807) is 43.3 Å². The van der Waals surface area contributed by atoms with Crippen molar-refractivity contribution in [2.24, 2.45) is 10.9 Å². The van der Waals surface area contributed by atoms with Crippen LogP contribution < -0.4 is 25.4 Å². The molecule has 1 atom stereocenters. The van der Waals surface area contributed by atoms with Crippen molar-refractivity contribution in [3.63, 3.8) is 0 Å². The monoisotopic (exact) mass is 645 g/mol. The first-order chi connectivity index (χ1) is 21.1. The molecule has 1 saturated carbocycles. The number of nitrogens with one attached hydrogen (secondary N) is 1. The van der Waals surface area contributed by atoms with Crippen molar-refractivity contribution in [1.29, 1.82) is 0 Å². The molecule has 14 heteroatoms. The molecular weight excluding hydrogens is 615 g/mol. The third kappa shape index (κ3) is 6.93. The molecular formula is C31H31ClF3N5O5. The summed E-state index contributed by atoms with van der Waals surface area (Å²) in [7, 11) is 1.47. The first-order valence-corrected chi connectivity index (χ1v) is 14.3. The van der Waals surface area contributed by atoms with Crippen molar-refractivity contribution in [3.05, 3.63) is 76.6 Å². The number of carbonyl (C=O) groups excluding carboxylic acids is 2. The maximum absolute atomic E-state index is 14.4. The number of hydrogen-bond acceptors (Lipinski definition) is 8. The van der Waals surface area contributed by atoms with E-state index in [4.69, 9.17) is 26.9 Å². The number of fused-ring (bicyclic) bond motifs is 2. The first kappa shape index (κ1) is 31.9. The Bertz CT molecular complexity index is 1660. The maximum atomic E-state index is 14.4. The van der Waals surface area contributed by atoms with E-state index in [1.165, 1.54) is 44.2 Å². The number of anilines is 2. The molecule has 2 aliphatic rings. The van der Waals surface area contributed by atoms with E-state index in [9.17, 15) is 22.8 Å². The van der Waals surface area contributed by atoms with Crippen LogP contribution in [-0.2, 0) is 19.8 Å². The Morgan fingerprint density at radius 3 is 2.44 bits per heavy atom. The van der Waals surface area contributed by atoms with Crippen LogP contribution in [0.15, 0.2) is 59.9 Å². The van der Waals surface area contributed by atoms with Crippen LogP contribution in [0.2, 0.25) is 5.02 Å². The molecule has 0 bridgehead atoms. The number of halogens is 4. The number of primary amides is 1. The van der Waals surface area contributed by atoms with Gasteiger partial charge >= 0.3 is 6.36 Å². The number of aromatic nitrogens is 1. The topological polar surface area (TPSA) is 128 Å². The summed E-state index contributed by atoms with van der Waals surface area (Å²) < 4.78 is 48.8. The molecule has 0 radical (unpaired) electrons. The van der Waals surface area contributed by atoms with Gasteiger partial charge in [-0.15, -0.1) is 13.2 Å². The van der Waals surface area contributed by atoms with E-state index in [1.807, 2.05) is 0 Å². The lowest BCUT2D eigenvalue weighted by atomic mass is 9.99. The third-order valence-corrected chi connectivity index (χ3v) is 8.04. The highest BCUT2D eigenvalue weighted by Crippen LogP contribution is 2.57. The molecule has 238 valence electrons. The van der Waals surface area contributed by atoms with Crippen molar-refractivity contribution >= 4 is 40.5 Å². The molecule has 0 saturated heterocycles. The second kappa shape index (κ2) is 11.8. The normalized spacial score (nSPS) is 16.2. The standard InChI is InChI=1S/C31H31ClF3N5O5/c1-17(39-45-29(2,3)28(36)42)18-11-20(13-22(12-18)43-4)38-26(24-8-5-19(32)15-37-24)27(41)40-16-30(9-10-30)23-7-6-21(14-25(23)40)44-31(33,34)35/h5-8,11-15,26,38H,9-10,16H2,1-4H3,(H2,36,42)/b39-17+. The van der Waals surface area contributed by atoms with Crippen LogP contribution >= 0.6 is 11.6 Å². The van der Waals surface area contributed by atoms with Crippen molar-refractivity contribution in [2.45, 2.75) is 57.0 Å². The number of rotatable bonds is 10. The second-order valence-corrected chi connectivity index (χ2v) is 11.9. The Hall–Kier alpha value is -4.52. The minimum Gasteiger partial charge on any atom is -0.497 e. The van der Waals surface area contributed by atoms with E-state index in [2.05, 4.69) is 20.2 Å². The van der Waals surface area contributed by atoms with Crippen molar-refractivity contribution in [1.82, 2.24) is 4.98 Å². The highest BCUT2D eigenvalue weighted by molar-refractivity contribution is 6.30. The molecule has 1 aliphatic carbocycles. The van der Waals surface area contributed by atoms with Crippen LogP contribution in [0.1, 0.15) is 56.5 Å². The second-order valence-electron chi connectivity index (χ2n) is 11.5. The number of benzene rings is 2. The lowest BCUT2D eigenvalue weighted by molar-refractivity contribution is -0.274. The largest absolute Gasteiger partial charge is 0.573 e. The third-order valence-electron chi connectivity index (χ3n) is 7.81. The van der Waals surface area contributed by atoms with Gasteiger partial charge in [-0.05, 0) is 69.5 Å². The number of pyridine rings is 1. The van der Waals surface area contributed by atoms with Gasteiger partial charge in [-0.3, -0.25) is 14.6 Å². The minimum atomic E-state index is -4.89. The van der Waals surface area contributed by atoms with Gasteiger partial charge < -0.3 is 30.3 Å². The van der Waals surface area contributed by atoms with Crippen LogP contribution in [0.5, 0.6) is 11.5 Å². The number of hydrogen-bond donors (Lipinski definition) is 2. The molecule has 45 heavy (non-hydrogen) atoms. The van der Waals surface area contributed by atoms with E-state index in [-0.39, 0.29) is 5.41 Å². The fourth-order valence-corrected chi connectivity index (χ4v) is 5.17. The van der Waals surface area contributed by atoms with E-state index < -0.39 is 35.6 Å². The summed E-state index contributed by atoms with van der Waals surface area (Å²) in [6.45, 7) is 4.93. The lowest BCUT2D eigenvalue weighted by Crippen LogP contribution is -2.39. The van der Waals surface area contributed by atoms with Gasteiger partial charge in [0.15, 0.2) is 0 Å². The summed E-state index contributed by atoms with van der Waals surface area (Å²) in [5.41, 5.74) is 6.55. The fraction of sp³-hybridized carbons (Fsp3) is 0.355. The highest BCUT2D eigenvalue weighted by atomic mass is 35.5. The number of methoxy groups -OCH3 is 1. The van der Waals surface area contributed by atoms with Crippen LogP contribution in [0, 0.1) is 0 Å². The van der Waals surface area contributed by atoms with Gasteiger partial charge in [0.2, 0.25) is 5.60 Å². The molecule has 2 aromatic carbocycles. The molecule has 1 aromatic heterocycles. The maximum Gasteiger partial charge on any atom is 0.573 e. The summed E-state index contributed by atoms with van der Waals surface area (Å²) >= 11 is 6.09. The molecule has 5 rings (SSSR count). The van der Waals surface area contributed by atoms with Gasteiger partial charge in [-0.2, -0.15) is 0 Å². The molecule has 1 unspecified atom stereocenters. The fourth-order valence-electron chi connectivity index (χ4n) is 5.06. The number of oxime groups is 1. The molecule has 2 heterocycles.